The van der Waals surface area contributed by atoms with Crippen LogP contribution in [0.2, 0.25) is 0 Å². The second-order valence-electron chi connectivity index (χ2n) is 7.52. The maximum Gasteiger partial charge on any atom is 0.255 e. The van der Waals surface area contributed by atoms with Crippen LogP contribution in [-0.2, 0) is 0 Å². The summed E-state index contributed by atoms with van der Waals surface area (Å²) in [6.45, 7) is 0.889. The van der Waals surface area contributed by atoms with Crippen LogP contribution in [0.15, 0.2) is 79.0 Å². The molecular formula is C25H27N5O3. The lowest BCUT2D eigenvalue weighted by atomic mass is 10.1. The Morgan fingerprint density at radius 1 is 1.00 bits per heavy atom. The van der Waals surface area contributed by atoms with Gasteiger partial charge in [-0.05, 0) is 61.0 Å². The monoisotopic (exact) mass is 445 g/mol. The number of aliphatic hydroxyl groups is 1. The van der Waals surface area contributed by atoms with Gasteiger partial charge in [0.25, 0.3) is 5.91 Å². The van der Waals surface area contributed by atoms with E-state index in [1.54, 1.807) is 31.4 Å². The van der Waals surface area contributed by atoms with Crippen molar-refractivity contribution in [2.45, 2.75) is 6.42 Å². The van der Waals surface area contributed by atoms with Crippen molar-refractivity contribution in [2.75, 3.05) is 30.9 Å². The third kappa shape index (κ3) is 5.82. The van der Waals surface area contributed by atoms with E-state index >= 15 is 0 Å². The lowest BCUT2D eigenvalue weighted by Gasteiger charge is -2.13. The van der Waals surface area contributed by atoms with Crippen molar-refractivity contribution in [3.63, 3.8) is 0 Å². The molecule has 0 saturated heterocycles. The van der Waals surface area contributed by atoms with Gasteiger partial charge in [0.15, 0.2) is 0 Å². The summed E-state index contributed by atoms with van der Waals surface area (Å²) in [5.74, 6) is 0.452. The third-order valence-electron chi connectivity index (χ3n) is 5.14. The number of methoxy groups -OCH3 is 1. The molecule has 4 rings (SSSR count). The first-order chi connectivity index (χ1) is 16.1. The predicted octanol–water partition coefficient (Wildman–Crippen LogP) is 3.70. The minimum atomic E-state index is -0.190. The summed E-state index contributed by atoms with van der Waals surface area (Å²) in [5.41, 5.74) is 11.3. The predicted molar refractivity (Wildman–Crippen MR) is 130 cm³/mol. The highest BCUT2D eigenvalue weighted by Crippen LogP contribution is 2.22. The first-order valence-electron chi connectivity index (χ1n) is 10.7. The number of anilines is 3. The Labute approximate surface area is 192 Å². The summed E-state index contributed by atoms with van der Waals surface area (Å²) < 4.78 is 5.17. The van der Waals surface area contributed by atoms with Crippen molar-refractivity contribution in [1.29, 1.82) is 0 Å². The molecule has 0 fully saturated rings. The third-order valence-corrected chi connectivity index (χ3v) is 5.14. The number of nitrogens with one attached hydrogen (secondary N) is 4. The second kappa shape index (κ2) is 10.5. The minimum Gasteiger partial charge on any atom is -0.497 e. The molecule has 1 aliphatic heterocycles. The van der Waals surface area contributed by atoms with Gasteiger partial charge in [0, 0.05) is 47.5 Å². The van der Waals surface area contributed by atoms with Crippen LogP contribution in [0.25, 0.3) is 5.70 Å². The molecule has 1 aliphatic rings. The molecule has 170 valence electrons. The highest BCUT2D eigenvalue weighted by molar-refractivity contribution is 6.04. The summed E-state index contributed by atoms with van der Waals surface area (Å²) in [4.78, 5) is 12.5. The molecule has 0 saturated carbocycles. The number of rotatable bonds is 9. The number of hydrogen-bond acceptors (Lipinski definition) is 7. The van der Waals surface area contributed by atoms with Crippen molar-refractivity contribution >= 4 is 28.7 Å². The van der Waals surface area contributed by atoms with Gasteiger partial charge in [-0.1, -0.05) is 18.2 Å². The fourth-order valence-electron chi connectivity index (χ4n) is 3.36. The van der Waals surface area contributed by atoms with Crippen LogP contribution >= 0.6 is 0 Å². The minimum absolute atomic E-state index is 0.164. The molecule has 8 nitrogen and oxygen atoms in total. The maximum atomic E-state index is 12.5. The molecular weight excluding hydrogens is 418 g/mol. The molecule has 5 N–H and O–H groups in total. The topological polar surface area (TPSA) is 97.9 Å². The van der Waals surface area contributed by atoms with Gasteiger partial charge in [-0.3, -0.25) is 9.80 Å². The summed E-state index contributed by atoms with van der Waals surface area (Å²) in [6.07, 6.45) is 2.68. The fraction of sp³-hybridized carbons (Fsp3) is 0.160. The zero-order valence-electron chi connectivity index (χ0n) is 18.3. The van der Waals surface area contributed by atoms with E-state index in [-0.39, 0.29) is 12.5 Å². The maximum absolute atomic E-state index is 12.5. The van der Waals surface area contributed by atoms with Gasteiger partial charge in [-0.25, -0.2) is 0 Å². The first kappa shape index (κ1) is 22.2. The fourth-order valence-corrected chi connectivity index (χ4v) is 3.36. The molecule has 0 aliphatic carbocycles. The number of carbonyl (C=O) groups excluding carboxylic acids is 1. The SMILES string of the molecule is COc1cccc(C(=O)Nc2ccc(Nc3ccc(C4=CN(CCCO)NN4)cc3)cc2)c1. The number of benzene rings is 3. The molecule has 8 heteroatoms. The number of hydrazine groups is 2. The van der Waals surface area contributed by atoms with Gasteiger partial charge in [0.1, 0.15) is 5.75 Å². The van der Waals surface area contributed by atoms with Gasteiger partial charge >= 0.3 is 0 Å². The summed E-state index contributed by atoms with van der Waals surface area (Å²) >= 11 is 0. The summed E-state index contributed by atoms with van der Waals surface area (Å²) in [6, 6.07) is 22.7. The van der Waals surface area contributed by atoms with E-state index in [0.29, 0.717) is 23.4 Å². The van der Waals surface area contributed by atoms with Crippen LogP contribution in [-0.4, -0.2) is 36.3 Å². The highest BCUT2D eigenvalue weighted by Gasteiger charge is 2.12. The number of ether oxygens (including phenoxy) is 1. The molecule has 0 aromatic heterocycles. The molecule has 0 atom stereocenters. The Bertz CT molecular complexity index is 1110. The van der Waals surface area contributed by atoms with E-state index in [1.165, 1.54) is 0 Å². The van der Waals surface area contributed by atoms with Gasteiger partial charge < -0.3 is 25.9 Å². The van der Waals surface area contributed by atoms with Crippen LogP contribution < -0.4 is 26.3 Å². The van der Waals surface area contributed by atoms with Gasteiger partial charge in [-0.15, -0.1) is 5.53 Å². The summed E-state index contributed by atoms with van der Waals surface area (Å²) in [5, 5.41) is 17.1. The van der Waals surface area contributed by atoms with Crippen molar-refractivity contribution < 1.29 is 14.6 Å². The normalized spacial score (nSPS) is 12.7. The molecule has 0 spiro atoms. The van der Waals surface area contributed by atoms with E-state index in [4.69, 9.17) is 9.84 Å². The lowest BCUT2D eigenvalue weighted by molar-refractivity contribution is 0.102. The van der Waals surface area contributed by atoms with E-state index in [0.717, 1.165) is 29.2 Å². The largest absolute Gasteiger partial charge is 0.497 e. The number of hydrogen-bond donors (Lipinski definition) is 5. The van der Waals surface area contributed by atoms with E-state index in [9.17, 15) is 4.79 Å². The van der Waals surface area contributed by atoms with Crippen molar-refractivity contribution in [1.82, 2.24) is 16.0 Å². The Hall–Kier alpha value is -4.01. The average Bonchev–Trinajstić information content (AvgIpc) is 3.33. The number of carbonyl (C=O) groups is 1. The van der Waals surface area contributed by atoms with Crippen LogP contribution in [0.5, 0.6) is 5.75 Å². The number of nitrogens with zero attached hydrogens (tertiary/aromatic N) is 1. The van der Waals surface area contributed by atoms with Crippen LogP contribution in [0.3, 0.4) is 0 Å². The molecule has 33 heavy (non-hydrogen) atoms. The number of aliphatic hydroxyl groups excluding tert-OH is 1. The molecule has 0 radical (unpaired) electrons. The average molecular weight is 446 g/mol. The van der Waals surface area contributed by atoms with Gasteiger partial charge in [0.05, 0.1) is 12.8 Å². The molecule has 0 unspecified atom stereocenters. The summed E-state index contributed by atoms with van der Waals surface area (Å²) in [7, 11) is 1.57. The van der Waals surface area contributed by atoms with Crippen LogP contribution in [0, 0.1) is 0 Å². The van der Waals surface area contributed by atoms with Crippen LogP contribution in [0.1, 0.15) is 22.3 Å². The lowest BCUT2D eigenvalue weighted by Crippen LogP contribution is -2.36. The molecule has 3 aromatic carbocycles. The standard InChI is InChI=1S/C25H27N5O3/c1-33-23-5-2-4-19(16-23)25(32)27-22-12-10-21(11-13-22)26-20-8-6-18(7-9-20)24-17-30(29-28-24)14-3-15-31/h2,4-13,16-17,26,28-29,31H,3,14-15H2,1H3,(H,27,32). The van der Waals surface area contributed by atoms with Crippen molar-refractivity contribution in [3.05, 3.63) is 90.1 Å². The second-order valence-corrected chi connectivity index (χ2v) is 7.52. The Kier molecular flexibility index (Phi) is 7.09. The van der Waals surface area contributed by atoms with Crippen LogP contribution in [0.4, 0.5) is 17.1 Å². The molecule has 3 aromatic rings. The Balaban J connectivity index is 1.34. The van der Waals surface area contributed by atoms with E-state index < -0.39 is 0 Å². The van der Waals surface area contributed by atoms with Crippen molar-refractivity contribution in [3.8, 4) is 5.75 Å². The molecule has 0 bridgehead atoms. The van der Waals surface area contributed by atoms with E-state index in [1.807, 2.05) is 59.7 Å². The van der Waals surface area contributed by atoms with Gasteiger partial charge in [-0.2, -0.15) is 0 Å². The van der Waals surface area contributed by atoms with Crippen molar-refractivity contribution in [2.24, 2.45) is 0 Å². The first-order valence-corrected chi connectivity index (χ1v) is 10.7. The van der Waals surface area contributed by atoms with E-state index in [2.05, 4.69) is 21.6 Å². The smallest absolute Gasteiger partial charge is 0.255 e. The quantitative estimate of drug-likeness (QED) is 0.343. The Morgan fingerprint density at radius 3 is 2.39 bits per heavy atom. The zero-order chi connectivity index (χ0) is 23.0. The zero-order valence-corrected chi connectivity index (χ0v) is 18.3. The number of amides is 1. The molecule has 1 heterocycles. The Morgan fingerprint density at radius 2 is 1.70 bits per heavy atom. The molecule has 1 amide bonds. The van der Waals surface area contributed by atoms with Gasteiger partial charge in [0.2, 0.25) is 0 Å². The highest BCUT2D eigenvalue weighted by atomic mass is 16.5.